The van der Waals surface area contributed by atoms with Crippen LogP contribution in [-0.4, -0.2) is 55.2 Å². The molecule has 1 amide bonds. The predicted octanol–water partition coefficient (Wildman–Crippen LogP) is 4.50. The zero-order chi connectivity index (χ0) is 26.9. The molecule has 0 bridgehead atoms. The Balaban J connectivity index is 1.45. The minimum Gasteiger partial charge on any atom is -0.443 e. The van der Waals surface area contributed by atoms with Crippen molar-refractivity contribution in [2.24, 2.45) is 5.92 Å². The van der Waals surface area contributed by atoms with Gasteiger partial charge in [-0.3, -0.25) is 14.3 Å². The van der Waals surface area contributed by atoms with Crippen molar-refractivity contribution in [3.8, 4) is 11.3 Å². The summed E-state index contributed by atoms with van der Waals surface area (Å²) in [5.41, 5.74) is 3.75. The van der Waals surface area contributed by atoms with Crippen LogP contribution in [0.4, 0.5) is 0 Å². The number of benzene rings is 1. The summed E-state index contributed by atoms with van der Waals surface area (Å²) in [5, 5.41) is 14.9. The first-order valence-corrected chi connectivity index (χ1v) is 13.0. The number of aliphatic hydroxyl groups is 1. The number of amides is 1. The van der Waals surface area contributed by atoms with Gasteiger partial charge in [0.05, 0.1) is 24.0 Å². The summed E-state index contributed by atoms with van der Waals surface area (Å²) in [6.45, 7) is 12.3. The lowest BCUT2D eigenvalue weighted by Crippen LogP contribution is -2.45. The number of aliphatic hydroxyl groups excluding tert-OH is 1. The third-order valence-electron chi connectivity index (χ3n) is 7.19. The lowest BCUT2D eigenvalue weighted by molar-refractivity contribution is -0.141. The number of β-amino-alcohol motifs (C(OH)–C–C–N with tert-alkyl or cyclic N) is 1. The molecule has 4 rings (SSSR count). The first kappa shape index (κ1) is 26.8. The average molecular weight is 507 g/mol. The maximum atomic E-state index is 13.7. The van der Waals surface area contributed by atoms with Gasteiger partial charge in [-0.25, -0.2) is 4.98 Å². The second kappa shape index (κ2) is 10.6. The first-order chi connectivity index (χ1) is 17.5. The van der Waals surface area contributed by atoms with E-state index in [0.29, 0.717) is 12.8 Å². The smallest absolute Gasteiger partial charge is 0.248 e. The van der Waals surface area contributed by atoms with Crippen LogP contribution in [0.2, 0.25) is 0 Å². The van der Waals surface area contributed by atoms with Gasteiger partial charge in [0, 0.05) is 31.1 Å². The molecule has 1 aromatic carbocycles. The van der Waals surface area contributed by atoms with Crippen LogP contribution in [-0.2, 0) is 21.4 Å². The van der Waals surface area contributed by atoms with Gasteiger partial charge in [0.1, 0.15) is 6.04 Å². The quantitative estimate of drug-likeness (QED) is 0.483. The molecule has 8 nitrogen and oxygen atoms in total. The molecule has 198 valence electrons. The van der Waals surface area contributed by atoms with E-state index in [4.69, 9.17) is 4.42 Å². The molecule has 1 saturated heterocycles. The number of Topliss-reactive ketones (excluding diaryl/α,β-unsaturated/α-hetero) is 1. The lowest BCUT2D eigenvalue weighted by atomic mass is 9.90. The molecule has 3 unspecified atom stereocenters. The number of hydrogen-bond acceptors (Lipinski definition) is 6. The Labute approximate surface area is 218 Å². The van der Waals surface area contributed by atoms with Crippen molar-refractivity contribution in [1.29, 1.82) is 0 Å². The molecule has 3 atom stereocenters. The van der Waals surface area contributed by atoms with E-state index < -0.39 is 18.2 Å². The number of nitrogens with zero attached hydrogens (tertiary/aromatic N) is 4. The fourth-order valence-corrected chi connectivity index (χ4v) is 4.95. The number of carbonyl (C=O) groups excluding carboxylic acids is 2. The van der Waals surface area contributed by atoms with Crippen LogP contribution >= 0.6 is 0 Å². The maximum Gasteiger partial charge on any atom is 0.248 e. The highest BCUT2D eigenvalue weighted by molar-refractivity contribution is 5.91. The second-order valence-electron chi connectivity index (χ2n) is 11.5. The van der Waals surface area contributed by atoms with E-state index in [-0.39, 0.29) is 36.0 Å². The van der Waals surface area contributed by atoms with Crippen molar-refractivity contribution < 1.29 is 19.1 Å². The number of aryl methyl sites for hydroxylation is 2. The zero-order valence-electron chi connectivity index (χ0n) is 22.6. The third-order valence-corrected chi connectivity index (χ3v) is 7.19. The summed E-state index contributed by atoms with van der Waals surface area (Å²) in [7, 11) is 0. The Kier molecular flexibility index (Phi) is 7.69. The van der Waals surface area contributed by atoms with Crippen molar-refractivity contribution in [2.75, 3.05) is 6.54 Å². The Hall–Kier alpha value is -3.26. The lowest BCUT2D eigenvalue weighted by Gasteiger charge is -2.30. The molecule has 1 aliphatic heterocycles. The molecular weight excluding hydrogens is 468 g/mol. The van der Waals surface area contributed by atoms with E-state index in [1.54, 1.807) is 15.8 Å². The number of ketones is 1. The number of hydrogen-bond donors (Lipinski definition) is 1. The summed E-state index contributed by atoms with van der Waals surface area (Å²) in [4.78, 5) is 32.7. The van der Waals surface area contributed by atoms with E-state index in [1.807, 2.05) is 51.2 Å². The van der Waals surface area contributed by atoms with E-state index in [0.717, 1.165) is 28.1 Å². The molecule has 8 heteroatoms. The molecule has 3 aromatic rings. The van der Waals surface area contributed by atoms with E-state index in [1.165, 1.54) is 6.39 Å². The first-order valence-electron chi connectivity index (χ1n) is 13.0. The largest absolute Gasteiger partial charge is 0.443 e. The van der Waals surface area contributed by atoms with Gasteiger partial charge in [-0.15, -0.1) is 0 Å². The average Bonchev–Trinajstić information content (AvgIpc) is 3.57. The molecular formula is C29H38N4O4. The summed E-state index contributed by atoms with van der Waals surface area (Å²) in [6.07, 6.45) is 5.58. The molecule has 0 radical (unpaired) electrons. The van der Waals surface area contributed by atoms with Crippen LogP contribution in [0.15, 0.2) is 47.5 Å². The van der Waals surface area contributed by atoms with Crippen LogP contribution in [0.5, 0.6) is 0 Å². The van der Waals surface area contributed by atoms with Crippen molar-refractivity contribution in [3.63, 3.8) is 0 Å². The highest BCUT2D eigenvalue weighted by atomic mass is 16.3. The number of rotatable bonds is 8. The van der Waals surface area contributed by atoms with Crippen molar-refractivity contribution in [2.45, 2.75) is 84.4 Å². The minimum absolute atomic E-state index is 0.0276. The highest BCUT2D eigenvalue weighted by Crippen LogP contribution is 2.30. The van der Waals surface area contributed by atoms with Gasteiger partial charge in [0.25, 0.3) is 0 Å². The van der Waals surface area contributed by atoms with Crippen molar-refractivity contribution >= 4 is 11.7 Å². The van der Waals surface area contributed by atoms with Crippen molar-refractivity contribution in [1.82, 2.24) is 19.7 Å². The molecule has 1 fully saturated rings. The molecule has 0 spiro atoms. The summed E-state index contributed by atoms with van der Waals surface area (Å²) in [5.74, 6) is 0.516. The van der Waals surface area contributed by atoms with Crippen LogP contribution in [0.25, 0.3) is 11.3 Å². The number of oxazole rings is 1. The van der Waals surface area contributed by atoms with Crippen LogP contribution in [0.1, 0.15) is 70.3 Å². The van der Waals surface area contributed by atoms with Gasteiger partial charge in [0.2, 0.25) is 5.91 Å². The molecule has 2 aromatic heterocycles. The minimum atomic E-state index is -0.710. The van der Waals surface area contributed by atoms with Crippen LogP contribution in [0, 0.1) is 12.8 Å². The Bertz CT molecular complexity index is 1240. The number of carbonyl (C=O) groups is 2. The van der Waals surface area contributed by atoms with Gasteiger partial charge < -0.3 is 14.4 Å². The fourth-order valence-electron chi connectivity index (χ4n) is 4.95. The normalized spacial score (nSPS) is 19.0. The molecule has 1 N–H and O–H groups in total. The zero-order valence-corrected chi connectivity index (χ0v) is 22.6. The Morgan fingerprint density at radius 2 is 1.89 bits per heavy atom. The monoisotopic (exact) mass is 506 g/mol. The summed E-state index contributed by atoms with van der Waals surface area (Å²) >= 11 is 0. The van der Waals surface area contributed by atoms with Gasteiger partial charge in [-0.05, 0) is 35.8 Å². The van der Waals surface area contributed by atoms with Crippen LogP contribution in [0.3, 0.4) is 0 Å². The SMILES string of the molecule is Cc1ncoc1-c1ccc(CCC(=O)C2CC(O)CN2C(=O)C(C(C)C)n2cc(C(C)(C)C)cn2)cc1. The molecule has 3 heterocycles. The Morgan fingerprint density at radius 1 is 1.19 bits per heavy atom. The van der Waals surface area contributed by atoms with Gasteiger partial charge in [-0.1, -0.05) is 58.9 Å². The maximum absolute atomic E-state index is 13.7. The van der Waals surface area contributed by atoms with Crippen LogP contribution < -0.4 is 0 Å². The topological polar surface area (TPSA) is 101 Å². The highest BCUT2D eigenvalue weighted by Gasteiger charge is 2.42. The molecule has 0 saturated carbocycles. The number of aromatic nitrogens is 3. The van der Waals surface area contributed by atoms with Crippen molar-refractivity contribution in [3.05, 3.63) is 59.9 Å². The molecule has 0 aliphatic carbocycles. The third kappa shape index (κ3) is 5.85. The fraction of sp³-hybridized carbons (Fsp3) is 0.517. The number of likely N-dealkylation sites (tertiary alicyclic amines) is 1. The molecule has 37 heavy (non-hydrogen) atoms. The summed E-state index contributed by atoms with van der Waals surface area (Å²) < 4.78 is 7.17. The summed E-state index contributed by atoms with van der Waals surface area (Å²) in [6, 6.07) is 6.73. The van der Waals surface area contributed by atoms with Gasteiger partial charge >= 0.3 is 0 Å². The standard InChI is InChI=1S/C29H38N4O4/c1-18(2)26(33-15-22(14-31-33)29(4,5)6)28(36)32-16-23(34)13-24(32)25(35)12-9-20-7-10-21(11-8-20)27-19(3)30-17-37-27/h7-8,10-11,14-15,17-18,23-24,26,34H,9,12-13,16H2,1-6H3. The van der Waals surface area contributed by atoms with E-state index in [9.17, 15) is 14.7 Å². The second-order valence-corrected chi connectivity index (χ2v) is 11.5. The predicted molar refractivity (Wildman–Crippen MR) is 141 cm³/mol. The van der Waals surface area contributed by atoms with E-state index >= 15 is 0 Å². The van der Waals surface area contributed by atoms with Gasteiger partial charge in [-0.2, -0.15) is 5.10 Å². The van der Waals surface area contributed by atoms with Gasteiger partial charge in [0.15, 0.2) is 17.9 Å². The van der Waals surface area contributed by atoms with E-state index in [2.05, 4.69) is 30.9 Å². The molecule has 1 aliphatic rings. The Morgan fingerprint density at radius 3 is 2.46 bits per heavy atom.